The summed E-state index contributed by atoms with van der Waals surface area (Å²) in [5.74, 6) is 1.51. The monoisotopic (exact) mass is 283 g/mol. The second-order valence-electron chi connectivity index (χ2n) is 5.11. The van der Waals surface area contributed by atoms with Gasteiger partial charge >= 0.3 is 0 Å². The quantitative estimate of drug-likeness (QED) is 0.737. The summed E-state index contributed by atoms with van der Waals surface area (Å²) in [6, 6.07) is 7.79. The lowest BCUT2D eigenvalue weighted by atomic mass is 10.2. The zero-order valence-corrected chi connectivity index (χ0v) is 12.0. The number of rotatable bonds is 4. The molecule has 0 amide bonds. The van der Waals surface area contributed by atoms with Gasteiger partial charge in [0, 0.05) is 17.3 Å². The van der Waals surface area contributed by atoms with Crippen LogP contribution in [0.25, 0.3) is 11.4 Å². The summed E-state index contributed by atoms with van der Waals surface area (Å²) >= 11 is 0. The highest BCUT2D eigenvalue weighted by atomic mass is 15.4. The SMILES string of the molecule is CC(C)n1ncnc1Cn1cnc(-c2cccc(N)c2)n1. The molecule has 0 aliphatic rings. The van der Waals surface area contributed by atoms with Crippen LogP contribution >= 0.6 is 0 Å². The molecule has 108 valence electrons. The van der Waals surface area contributed by atoms with Gasteiger partial charge in [0.25, 0.3) is 0 Å². The van der Waals surface area contributed by atoms with Crippen molar-refractivity contribution in [2.24, 2.45) is 0 Å². The van der Waals surface area contributed by atoms with E-state index in [1.165, 1.54) is 0 Å². The highest BCUT2D eigenvalue weighted by Gasteiger charge is 2.10. The first-order chi connectivity index (χ1) is 10.1. The summed E-state index contributed by atoms with van der Waals surface area (Å²) in [4.78, 5) is 8.59. The molecule has 0 fully saturated rings. The Labute approximate surface area is 122 Å². The van der Waals surface area contributed by atoms with Crippen molar-refractivity contribution in [2.75, 3.05) is 5.73 Å². The third-order valence-corrected chi connectivity index (χ3v) is 3.12. The predicted molar refractivity (Wildman–Crippen MR) is 79.4 cm³/mol. The molecule has 1 aromatic carbocycles. The van der Waals surface area contributed by atoms with Gasteiger partial charge in [0.1, 0.15) is 25.0 Å². The van der Waals surface area contributed by atoms with Crippen LogP contribution in [-0.4, -0.2) is 29.5 Å². The van der Waals surface area contributed by atoms with Gasteiger partial charge in [0.2, 0.25) is 0 Å². The van der Waals surface area contributed by atoms with Crippen LogP contribution in [-0.2, 0) is 6.54 Å². The molecule has 2 heterocycles. The Morgan fingerprint density at radius 3 is 2.86 bits per heavy atom. The highest BCUT2D eigenvalue weighted by molar-refractivity contribution is 5.60. The minimum absolute atomic E-state index is 0.263. The molecule has 2 N–H and O–H groups in total. The van der Waals surface area contributed by atoms with E-state index in [-0.39, 0.29) is 6.04 Å². The standard InChI is InChI=1S/C14H17N7/c1-10(2)21-13(16-8-18-21)7-20-9-17-14(19-20)11-4-3-5-12(15)6-11/h3-6,8-10H,7,15H2,1-2H3. The zero-order chi connectivity index (χ0) is 14.8. The highest BCUT2D eigenvalue weighted by Crippen LogP contribution is 2.17. The lowest BCUT2D eigenvalue weighted by Gasteiger charge is -2.08. The molecule has 0 radical (unpaired) electrons. The van der Waals surface area contributed by atoms with Crippen LogP contribution in [0.15, 0.2) is 36.9 Å². The van der Waals surface area contributed by atoms with Gasteiger partial charge in [0.05, 0.1) is 0 Å². The normalized spacial score (nSPS) is 11.2. The second-order valence-corrected chi connectivity index (χ2v) is 5.11. The lowest BCUT2D eigenvalue weighted by Crippen LogP contribution is -2.12. The molecule has 0 spiro atoms. The van der Waals surface area contributed by atoms with Gasteiger partial charge in [-0.2, -0.15) is 10.2 Å². The fourth-order valence-corrected chi connectivity index (χ4v) is 2.14. The van der Waals surface area contributed by atoms with E-state index in [2.05, 4.69) is 34.0 Å². The van der Waals surface area contributed by atoms with E-state index in [0.717, 1.165) is 11.4 Å². The lowest BCUT2D eigenvalue weighted by molar-refractivity contribution is 0.488. The molecule has 0 unspecified atom stereocenters. The van der Waals surface area contributed by atoms with Gasteiger partial charge in [-0.3, -0.25) is 0 Å². The van der Waals surface area contributed by atoms with Crippen molar-refractivity contribution in [1.29, 1.82) is 0 Å². The van der Waals surface area contributed by atoms with E-state index in [4.69, 9.17) is 5.73 Å². The first kappa shape index (κ1) is 13.3. The first-order valence-corrected chi connectivity index (χ1v) is 6.77. The van der Waals surface area contributed by atoms with Crippen molar-refractivity contribution >= 4 is 5.69 Å². The average molecular weight is 283 g/mol. The fourth-order valence-electron chi connectivity index (χ4n) is 2.14. The maximum atomic E-state index is 5.78. The summed E-state index contributed by atoms with van der Waals surface area (Å²) in [5, 5.41) is 8.68. The van der Waals surface area contributed by atoms with Crippen LogP contribution < -0.4 is 5.73 Å². The molecule has 3 rings (SSSR count). The van der Waals surface area contributed by atoms with Crippen molar-refractivity contribution in [3.8, 4) is 11.4 Å². The van der Waals surface area contributed by atoms with Crippen molar-refractivity contribution in [3.63, 3.8) is 0 Å². The molecule has 0 saturated carbocycles. The molecular formula is C14H17N7. The van der Waals surface area contributed by atoms with E-state index < -0.39 is 0 Å². The molecule has 0 aliphatic heterocycles. The Hall–Kier alpha value is -2.70. The van der Waals surface area contributed by atoms with E-state index in [0.29, 0.717) is 18.1 Å². The summed E-state index contributed by atoms with van der Waals surface area (Å²) in [5.41, 5.74) is 7.38. The summed E-state index contributed by atoms with van der Waals surface area (Å²) < 4.78 is 3.63. The number of nitrogens with two attached hydrogens (primary N) is 1. The van der Waals surface area contributed by atoms with Crippen molar-refractivity contribution in [2.45, 2.75) is 26.4 Å². The number of nitrogen functional groups attached to an aromatic ring is 1. The van der Waals surface area contributed by atoms with Gasteiger partial charge in [-0.15, -0.1) is 0 Å². The molecule has 7 heteroatoms. The van der Waals surface area contributed by atoms with Crippen molar-refractivity contribution in [3.05, 3.63) is 42.7 Å². The van der Waals surface area contributed by atoms with Crippen LogP contribution in [0.4, 0.5) is 5.69 Å². The summed E-state index contributed by atoms with van der Waals surface area (Å²) in [6.45, 7) is 4.67. The molecule has 0 saturated heterocycles. The number of anilines is 1. The van der Waals surface area contributed by atoms with Crippen LogP contribution in [0.3, 0.4) is 0 Å². The molecule has 0 bridgehead atoms. The zero-order valence-electron chi connectivity index (χ0n) is 12.0. The average Bonchev–Trinajstić information content (AvgIpc) is 3.08. The first-order valence-electron chi connectivity index (χ1n) is 6.77. The number of hydrogen-bond acceptors (Lipinski definition) is 5. The number of nitrogens with zero attached hydrogens (tertiary/aromatic N) is 6. The Morgan fingerprint density at radius 1 is 1.24 bits per heavy atom. The predicted octanol–water partition coefficient (Wildman–Crippen LogP) is 1.75. The van der Waals surface area contributed by atoms with Crippen LogP contribution in [0, 0.1) is 0 Å². The van der Waals surface area contributed by atoms with E-state index in [1.807, 2.05) is 28.9 Å². The van der Waals surface area contributed by atoms with E-state index >= 15 is 0 Å². The van der Waals surface area contributed by atoms with Gasteiger partial charge in [-0.05, 0) is 26.0 Å². The Balaban J connectivity index is 1.84. The van der Waals surface area contributed by atoms with Crippen LogP contribution in [0.2, 0.25) is 0 Å². The Kier molecular flexibility index (Phi) is 3.39. The van der Waals surface area contributed by atoms with Gasteiger partial charge < -0.3 is 5.73 Å². The van der Waals surface area contributed by atoms with Crippen molar-refractivity contribution in [1.82, 2.24) is 29.5 Å². The Bertz CT molecular complexity index is 741. The van der Waals surface area contributed by atoms with E-state index in [1.54, 1.807) is 17.3 Å². The third-order valence-electron chi connectivity index (χ3n) is 3.12. The van der Waals surface area contributed by atoms with Crippen LogP contribution in [0.5, 0.6) is 0 Å². The smallest absolute Gasteiger partial charge is 0.181 e. The fraction of sp³-hybridized carbons (Fsp3) is 0.286. The van der Waals surface area contributed by atoms with E-state index in [9.17, 15) is 0 Å². The maximum absolute atomic E-state index is 5.78. The third kappa shape index (κ3) is 2.76. The molecular weight excluding hydrogens is 266 g/mol. The number of aromatic nitrogens is 6. The maximum Gasteiger partial charge on any atom is 0.181 e. The van der Waals surface area contributed by atoms with Gasteiger partial charge in [-0.1, -0.05) is 12.1 Å². The largest absolute Gasteiger partial charge is 0.399 e. The molecule has 3 aromatic rings. The van der Waals surface area contributed by atoms with Gasteiger partial charge in [-0.25, -0.2) is 19.3 Å². The summed E-state index contributed by atoms with van der Waals surface area (Å²) in [7, 11) is 0. The molecule has 7 nitrogen and oxygen atoms in total. The molecule has 0 aliphatic carbocycles. The number of benzene rings is 1. The Morgan fingerprint density at radius 2 is 2.10 bits per heavy atom. The molecule has 21 heavy (non-hydrogen) atoms. The second kappa shape index (κ2) is 5.35. The van der Waals surface area contributed by atoms with Crippen LogP contribution in [0.1, 0.15) is 25.7 Å². The molecule has 0 atom stereocenters. The minimum Gasteiger partial charge on any atom is -0.399 e. The molecule has 2 aromatic heterocycles. The number of hydrogen-bond donors (Lipinski definition) is 1. The summed E-state index contributed by atoms with van der Waals surface area (Å²) in [6.07, 6.45) is 3.25. The van der Waals surface area contributed by atoms with Crippen molar-refractivity contribution < 1.29 is 0 Å². The minimum atomic E-state index is 0.263. The topological polar surface area (TPSA) is 87.4 Å². The van der Waals surface area contributed by atoms with Gasteiger partial charge in [0.15, 0.2) is 5.82 Å².